The zero-order chi connectivity index (χ0) is 26.9. The molecule has 194 valence electrons. The first-order chi connectivity index (χ1) is 18.2. The number of carbonyl (C=O) groups is 1. The summed E-state index contributed by atoms with van der Waals surface area (Å²) >= 11 is 0. The third kappa shape index (κ3) is 4.96. The monoisotopic (exact) mass is 524 g/mol. The number of para-hydroxylation sites is 1. The molecule has 1 N–H and O–H groups in total. The molecule has 0 radical (unpaired) electrons. The largest absolute Gasteiger partial charge is 0.458 e. The molecular formula is C24H19F3N8O3. The van der Waals surface area contributed by atoms with Gasteiger partial charge in [0, 0.05) is 26.1 Å². The van der Waals surface area contributed by atoms with E-state index in [0.29, 0.717) is 11.8 Å². The molecule has 5 rings (SSSR count). The highest BCUT2D eigenvalue weighted by Gasteiger charge is 2.36. The van der Waals surface area contributed by atoms with Crippen LogP contribution in [0, 0.1) is 11.6 Å². The Kier molecular flexibility index (Phi) is 6.36. The average molecular weight is 524 g/mol. The summed E-state index contributed by atoms with van der Waals surface area (Å²) in [6.07, 6.45) is 0. The summed E-state index contributed by atoms with van der Waals surface area (Å²) in [5.41, 5.74) is 0.206. The number of carbonyl (C=O) groups excluding carboxylic acids is 1. The van der Waals surface area contributed by atoms with Gasteiger partial charge in [0.2, 0.25) is 0 Å². The molecule has 3 aromatic heterocycles. The zero-order valence-electron chi connectivity index (χ0n) is 20.0. The summed E-state index contributed by atoms with van der Waals surface area (Å²) in [5.74, 6) is -5.14. The van der Waals surface area contributed by atoms with E-state index in [1.807, 2.05) is 0 Å². The number of fused-ring (bicyclic) bond motifs is 1. The predicted molar refractivity (Wildman–Crippen MR) is 127 cm³/mol. The lowest BCUT2D eigenvalue weighted by Crippen LogP contribution is -2.41. The molecule has 0 aliphatic carbocycles. The summed E-state index contributed by atoms with van der Waals surface area (Å²) in [4.78, 5) is 20.9. The van der Waals surface area contributed by atoms with Crippen LogP contribution in [0.1, 0.15) is 12.6 Å². The highest BCUT2D eigenvalue weighted by Crippen LogP contribution is 2.28. The maximum Gasteiger partial charge on any atom is 0.324 e. The van der Waals surface area contributed by atoms with Gasteiger partial charge < -0.3 is 14.8 Å². The minimum absolute atomic E-state index is 0.0377. The number of benzene rings is 2. The van der Waals surface area contributed by atoms with Crippen molar-refractivity contribution in [3.05, 3.63) is 78.0 Å². The van der Waals surface area contributed by atoms with Crippen LogP contribution in [-0.2, 0) is 18.4 Å². The van der Waals surface area contributed by atoms with Gasteiger partial charge in [-0.1, -0.05) is 29.4 Å². The Labute approximate surface area is 212 Å². The average Bonchev–Trinajstić information content (AvgIpc) is 3.46. The van der Waals surface area contributed by atoms with Gasteiger partial charge in [0.15, 0.2) is 5.82 Å². The molecule has 5 aromatic rings. The number of aryl methyl sites for hydroxylation is 1. The van der Waals surface area contributed by atoms with Gasteiger partial charge in [-0.25, -0.2) is 23.0 Å². The first-order valence-corrected chi connectivity index (χ1v) is 11.1. The second-order valence-corrected chi connectivity index (χ2v) is 8.18. The first-order valence-electron chi connectivity index (χ1n) is 11.1. The Morgan fingerprint density at radius 3 is 2.61 bits per heavy atom. The Bertz CT molecular complexity index is 1620. The molecule has 0 bridgehead atoms. The number of imidazole rings is 1. The number of amides is 1. The molecule has 2 aromatic carbocycles. The van der Waals surface area contributed by atoms with Crippen LogP contribution in [0.25, 0.3) is 17.0 Å². The fourth-order valence-electron chi connectivity index (χ4n) is 3.54. The van der Waals surface area contributed by atoms with Gasteiger partial charge in [-0.3, -0.25) is 4.79 Å². The summed E-state index contributed by atoms with van der Waals surface area (Å²) in [6, 6.07) is 14.3. The zero-order valence-corrected chi connectivity index (χ0v) is 20.0. The molecular weight excluding hydrogens is 505 g/mol. The smallest absolute Gasteiger partial charge is 0.324 e. The fraction of sp³-hybridized carbons (Fsp3) is 0.167. The molecule has 1 atom stereocenters. The number of hydrogen-bond donors (Lipinski definition) is 1. The first kappa shape index (κ1) is 24.7. The molecule has 0 saturated carbocycles. The van der Waals surface area contributed by atoms with Crippen LogP contribution in [0.15, 0.2) is 60.7 Å². The highest BCUT2D eigenvalue weighted by atomic mass is 19.2. The van der Waals surface area contributed by atoms with E-state index in [2.05, 4.69) is 30.8 Å². The number of aromatic nitrogens is 7. The summed E-state index contributed by atoms with van der Waals surface area (Å²) in [5, 5.41) is 13.5. The summed E-state index contributed by atoms with van der Waals surface area (Å²) in [7, 11) is 1.54. The van der Waals surface area contributed by atoms with Crippen molar-refractivity contribution in [2.45, 2.75) is 19.4 Å². The van der Waals surface area contributed by atoms with Crippen molar-refractivity contribution in [2.24, 2.45) is 7.05 Å². The van der Waals surface area contributed by atoms with Crippen molar-refractivity contribution < 1.29 is 27.4 Å². The maximum absolute atomic E-state index is 14.9. The Balaban J connectivity index is 1.36. The number of nitrogens with zero attached hydrogens (tertiary/aromatic N) is 7. The third-order valence-corrected chi connectivity index (χ3v) is 5.30. The molecule has 0 aliphatic heterocycles. The van der Waals surface area contributed by atoms with Gasteiger partial charge in [0.05, 0.1) is 11.2 Å². The SMILES string of the molecule is Cn1nnnc1-n1c(OCc2cccc(NC(=O)C(C)(F)Oc3ccccc3)n2)nc2c(F)cc(F)cc21. The number of nitrogens with one attached hydrogen (secondary N) is 1. The van der Waals surface area contributed by atoms with Gasteiger partial charge in [-0.2, -0.15) is 9.37 Å². The molecule has 14 heteroatoms. The van der Waals surface area contributed by atoms with Crippen LogP contribution in [0.3, 0.4) is 0 Å². The number of halogens is 3. The van der Waals surface area contributed by atoms with Crippen molar-refractivity contribution in [2.75, 3.05) is 5.32 Å². The van der Waals surface area contributed by atoms with Gasteiger partial charge in [0.1, 0.15) is 29.5 Å². The standard InChI is InChI=1S/C24H19F3N8O3/c1-24(27,38-16-8-4-3-5-9-16)21(36)29-19-10-6-7-15(28-19)13-37-23-30-20-17(26)11-14(25)12-18(20)35(23)22-31-32-33-34(22)2/h3-12H,13H2,1-2H3,(H,28,29,36). The molecule has 0 saturated heterocycles. The number of anilines is 1. The fourth-order valence-corrected chi connectivity index (χ4v) is 3.54. The van der Waals surface area contributed by atoms with E-state index in [9.17, 15) is 18.0 Å². The van der Waals surface area contributed by atoms with Gasteiger partial charge in [-0.15, -0.1) is 0 Å². The number of tetrazole rings is 1. The lowest BCUT2D eigenvalue weighted by molar-refractivity contribution is -0.144. The summed E-state index contributed by atoms with van der Waals surface area (Å²) < 4.78 is 56.8. The second kappa shape index (κ2) is 9.80. The molecule has 3 heterocycles. The topological polar surface area (TPSA) is 122 Å². The quantitative estimate of drug-likeness (QED) is 0.327. The Morgan fingerprint density at radius 2 is 1.87 bits per heavy atom. The molecule has 0 aliphatic rings. The van der Waals surface area contributed by atoms with E-state index in [4.69, 9.17) is 9.47 Å². The van der Waals surface area contributed by atoms with E-state index < -0.39 is 23.4 Å². The molecule has 38 heavy (non-hydrogen) atoms. The third-order valence-electron chi connectivity index (χ3n) is 5.30. The van der Waals surface area contributed by atoms with Crippen LogP contribution in [0.5, 0.6) is 11.8 Å². The number of hydrogen-bond acceptors (Lipinski definition) is 8. The lowest BCUT2D eigenvalue weighted by Gasteiger charge is -2.21. The van der Waals surface area contributed by atoms with E-state index in [1.54, 1.807) is 30.3 Å². The molecule has 11 nitrogen and oxygen atoms in total. The van der Waals surface area contributed by atoms with Crippen LogP contribution in [0.2, 0.25) is 0 Å². The van der Waals surface area contributed by atoms with Gasteiger partial charge in [0.25, 0.3) is 5.95 Å². The Morgan fingerprint density at radius 1 is 1.08 bits per heavy atom. The predicted octanol–water partition coefficient (Wildman–Crippen LogP) is 3.50. The molecule has 1 unspecified atom stereocenters. The van der Waals surface area contributed by atoms with Crippen molar-refractivity contribution in [3.63, 3.8) is 0 Å². The van der Waals surface area contributed by atoms with Crippen molar-refractivity contribution in [1.29, 1.82) is 0 Å². The second-order valence-electron chi connectivity index (χ2n) is 8.18. The molecule has 0 spiro atoms. The minimum atomic E-state index is -2.68. The van der Waals surface area contributed by atoms with Gasteiger partial charge >= 0.3 is 17.8 Å². The van der Waals surface area contributed by atoms with Gasteiger partial charge in [-0.05, 0) is 34.7 Å². The number of alkyl halides is 1. The number of rotatable bonds is 8. The van der Waals surface area contributed by atoms with Crippen molar-refractivity contribution in [1.82, 2.24) is 34.7 Å². The van der Waals surface area contributed by atoms with E-state index >= 15 is 0 Å². The van der Waals surface area contributed by atoms with Crippen LogP contribution < -0.4 is 14.8 Å². The van der Waals surface area contributed by atoms with Crippen LogP contribution in [0.4, 0.5) is 19.0 Å². The minimum Gasteiger partial charge on any atom is -0.458 e. The van der Waals surface area contributed by atoms with Crippen LogP contribution in [-0.4, -0.2) is 46.5 Å². The Hall–Kier alpha value is -5.01. The maximum atomic E-state index is 14.9. The van der Waals surface area contributed by atoms with E-state index in [1.165, 1.54) is 34.5 Å². The summed E-state index contributed by atoms with van der Waals surface area (Å²) in [6.45, 7) is 0.784. The molecule has 0 fully saturated rings. The highest BCUT2D eigenvalue weighted by molar-refractivity contribution is 5.95. The van der Waals surface area contributed by atoms with Crippen molar-refractivity contribution in [3.8, 4) is 17.7 Å². The normalized spacial score (nSPS) is 12.8. The van der Waals surface area contributed by atoms with E-state index in [-0.39, 0.29) is 41.2 Å². The lowest BCUT2D eigenvalue weighted by atomic mass is 10.3. The molecule has 1 amide bonds. The van der Waals surface area contributed by atoms with Crippen molar-refractivity contribution >= 4 is 22.8 Å². The number of pyridine rings is 1. The number of ether oxygens (including phenoxy) is 2. The van der Waals surface area contributed by atoms with E-state index in [0.717, 1.165) is 13.0 Å². The van der Waals surface area contributed by atoms with Crippen LogP contribution >= 0.6 is 0 Å².